The molecule has 0 aliphatic carbocycles. The van der Waals surface area contributed by atoms with Crippen molar-refractivity contribution in [1.82, 2.24) is 16.0 Å². The number of carboxylic acid groups (broad SMARTS) is 1. The summed E-state index contributed by atoms with van der Waals surface area (Å²) in [5.74, 6) is -1.85. The molecule has 28 heavy (non-hydrogen) atoms. The molecule has 1 aromatic rings. The Bertz CT molecular complexity index is 653. The maximum absolute atomic E-state index is 12.6. The van der Waals surface area contributed by atoms with E-state index in [-0.39, 0.29) is 5.91 Å². The van der Waals surface area contributed by atoms with Crippen LogP contribution in [0, 0.1) is 0 Å². The number of rotatable bonds is 13. The predicted octanol–water partition coefficient (Wildman–Crippen LogP) is 0.462. The van der Waals surface area contributed by atoms with Crippen LogP contribution in [0.5, 0.6) is 0 Å². The molecule has 1 fully saturated rings. The third-order valence-electron chi connectivity index (χ3n) is 4.45. The first-order valence-corrected chi connectivity index (χ1v) is 9.71. The molecular formula is C20H29N3O5. The molecule has 0 radical (unpaired) electrons. The molecule has 3 atom stereocenters. The number of hydrogen-bond donors (Lipinski definition) is 4. The summed E-state index contributed by atoms with van der Waals surface area (Å²) in [6, 6.07) is 6.91. The number of carboxylic acids is 1. The molecule has 8 heteroatoms. The predicted molar refractivity (Wildman–Crippen MR) is 104 cm³/mol. The topological polar surface area (TPSA) is 127 Å². The summed E-state index contributed by atoms with van der Waals surface area (Å²) >= 11 is 0. The molecule has 1 heterocycles. The van der Waals surface area contributed by atoms with Crippen LogP contribution in [0.3, 0.4) is 0 Å². The Morgan fingerprint density at radius 2 is 1.86 bits per heavy atom. The van der Waals surface area contributed by atoms with Crippen LogP contribution in [0.2, 0.25) is 0 Å². The Balaban J connectivity index is 1.84. The van der Waals surface area contributed by atoms with E-state index in [0.29, 0.717) is 26.0 Å². The van der Waals surface area contributed by atoms with E-state index in [1.165, 1.54) is 0 Å². The zero-order valence-corrected chi connectivity index (χ0v) is 16.1. The van der Waals surface area contributed by atoms with Gasteiger partial charge in [-0.3, -0.25) is 19.7 Å². The number of benzene rings is 1. The van der Waals surface area contributed by atoms with Gasteiger partial charge in [-0.15, -0.1) is 0 Å². The van der Waals surface area contributed by atoms with E-state index in [9.17, 15) is 14.4 Å². The summed E-state index contributed by atoms with van der Waals surface area (Å²) in [7, 11) is 0. The SMILES string of the molecule is CCCCOCCCNC(=O)[C@H](Cc1ccccc1)NC(=O)[C@H]1N[C@@H]1C(=O)O. The van der Waals surface area contributed by atoms with Crippen LogP contribution in [0.4, 0.5) is 0 Å². The monoisotopic (exact) mass is 391 g/mol. The van der Waals surface area contributed by atoms with Gasteiger partial charge in [0.1, 0.15) is 18.1 Å². The molecule has 2 rings (SSSR count). The van der Waals surface area contributed by atoms with Gasteiger partial charge < -0.3 is 20.5 Å². The fourth-order valence-electron chi connectivity index (χ4n) is 2.76. The highest BCUT2D eigenvalue weighted by molar-refractivity contribution is 5.97. The first kappa shape index (κ1) is 21.8. The van der Waals surface area contributed by atoms with E-state index in [4.69, 9.17) is 9.84 Å². The van der Waals surface area contributed by atoms with Gasteiger partial charge >= 0.3 is 5.97 Å². The molecule has 4 N–H and O–H groups in total. The molecule has 0 unspecified atom stereocenters. The van der Waals surface area contributed by atoms with Crippen LogP contribution >= 0.6 is 0 Å². The number of hydrogen-bond acceptors (Lipinski definition) is 5. The summed E-state index contributed by atoms with van der Waals surface area (Å²) in [6.07, 6.45) is 3.11. The Morgan fingerprint density at radius 3 is 2.50 bits per heavy atom. The van der Waals surface area contributed by atoms with Gasteiger partial charge in [-0.05, 0) is 18.4 Å². The fourth-order valence-corrected chi connectivity index (χ4v) is 2.76. The molecular weight excluding hydrogens is 362 g/mol. The van der Waals surface area contributed by atoms with Crippen LogP contribution in [-0.4, -0.2) is 60.8 Å². The average molecular weight is 391 g/mol. The zero-order valence-electron chi connectivity index (χ0n) is 16.1. The largest absolute Gasteiger partial charge is 0.480 e. The lowest BCUT2D eigenvalue weighted by Crippen LogP contribution is -2.50. The van der Waals surface area contributed by atoms with Crippen molar-refractivity contribution in [2.24, 2.45) is 0 Å². The number of carbonyl (C=O) groups excluding carboxylic acids is 2. The second-order valence-corrected chi connectivity index (χ2v) is 6.82. The standard InChI is InChI=1S/C20H29N3O5/c1-2-3-11-28-12-7-10-21-18(24)15(13-14-8-5-4-6-9-14)22-19(25)16-17(23-16)20(26)27/h4-6,8-9,15-17,23H,2-3,7,10-13H2,1H3,(H,21,24)(H,22,25)(H,26,27)/t15-,16-,17-/m0/s1. The maximum atomic E-state index is 12.6. The van der Waals surface area contributed by atoms with Crippen LogP contribution in [-0.2, 0) is 25.5 Å². The smallest absolute Gasteiger partial charge is 0.322 e. The van der Waals surface area contributed by atoms with Gasteiger partial charge in [-0.1, -0.05) is 43.7 Å². The highest BCUT2D eigenvalue weighted by Gasteiger charge is 2.48. The van der Waals surface area contributed by atoms with E-state index >= 15 is 0 Å². The molecule has 1 saturated heterocycles. The molecule has 0 spiro atoms. The minimum absolute atomic E-state index is 0.293. The number of aliphatic carboxylic acids is 1. The van der Waals surface area contributed by atoms with Gasteiger partial charge in [0.25, 0.3) is 0 Å². The van der Waals surface area contributed by atoms with Crippen molar-refractivity contribution in [3.8, 4) is 0 Å². The van der Waals surface area contributed by atoms with Crippen LogP contribution < -0.4 is 16.0 Å². The van der Waals surface area contributed by atoms with E-state index in [0.717, 1.165) is 25.0 Å². The molecule has 154 valence electrons. The van der Waals surface area contributed by atoms with Crippen LogP contribution in [0.1, 0.15) is 31.7 Å². The lowest BCUT2D eigenvalue weighted by molar-refractivity contribution is -0.137. The molecule has 0 saturated carbocycles. The van der Waals surface area contributed by atoms with Crippen molar-refractivity contribution in [2.45, 2.75) is 50.7 Å². The van der Waals surface area contributed by atoms with Crippen LogP contribution in [0.15, 0.2) is 30.3 Å². The second-order valence-electron chi connectivity index (χ2n) is 6.82. The van der Waals surface area contributed by atoms with Crippen molar-refractivity contribution in [2.75, 3.05) is 19.8 Å². The van der Waals surface area contributed by atoms with Gasteiger partial charge in [0.05, 0.1) is 0 Å². The molecule has 1 aliphatic rings. The van der Waals surface area contributed by atoms with E-state index in [1.54, 1.807) is 0 Å². The second kappa shape index (κ2) is 11.4. The normalized spacial score (nSPS) is 18.9. The van der Waals surface area contributed by atoms with E-state index in [1.807, 2.05) is 30.3 Å². The summed E-state index contributed by atoms with van der Waals surface area (Å²) in [4.78, 5) is 35.8. The number of unbranched alkanes of at least 4 members (excludes halogenated alkanes) is 1. The highest BCUT2D eigenvalue weighted by atomic mass is 16.5. The van der Waals surface area contributed by atoms with Crippen LogP contribution in [0.25, 0.3) is 0 Å². The van der Waals surface area contributed by atoms with Crippen molar-refractivity contribution >= 4 is 17.8 Å². The molecule has 1 aliphatic heterocycles. The van der Waals surface area contributed by atoms with Gasteiger partial charge in [0.2, 0.25) is 11.8 Å². The third-order valence-corrected chi connectivity index (χ3v) is 4.45. The van der Waals surface area contributed by atoms with Gasteiger partial charge in [0.15, 0.2) is 0 Å². The highest BCUT2D eigenvalue weighted by Crippen LogP contribution is 2.12. The number of ether oxygens (including phenoxy) is 1. The van der Waals surface area contributed by atoms with Gasteiger partial charge in [-0.25, -0.2) is 0 Å². The molecule has 1 aromatic carbocycles. The number of amides is 2. The third kappa shape index (κ3) is 7.28. The number of carbonyl (C=O) groups is 3. The minimum Gasteiger partial charge on any atom is -0.480 e. The zero-order chi connectivity index (χ0) is 20.4. The maximum Gasteiger partial charge on any atom is 0.322 e. The van der Waals surface area contributed by atoms with Gasteiger partial charge in [-0.2, -0.15) is 0 Å². The fraction of sp³-hybridized carbons (Fsp3) is 0.550. The summed E-state index contributed by atoms with van der Waals surface area (Å²) < 4.78 is 5.47. The first-order chi connectivity index (χ1) is 13.5. The van der Waals surface area contributed by atoms with Crippen molar-refractivity contribution in [3.63, 3.8) is 0 Å². The van der Waals surface area contributed by atoms with E-state index < -0.39 is 30.0 Å². The lowest BCUT2D eigenvalue weighted by atomic mass is 10.0. The quantitative estimate of drug-likeness (QED) is 0.286. The van der Waals surface area contributed by atoms with Crippen molar-refractivity contribution < 1.29 is 24.2 Å². The lowest BCUT2D eigenvalue weighted by Gasteiger charge is -2.18. The average Bonchev–Trinajstić information content (AvgIpc) is 3.49. The Labute approximate surface area is 165 Å². The summed E-state index contributed by atoms with van der Waals surface area (Å²) in [5.41, 5.74) is 0.907. The van der Waals surface area contributed by atoms with E-state index in [2.05, 4.69) is 22.9 Å². The first-order valence-electron chi connectivity index (χ1n) is 9.71. The Kier molecular flexibility index (Phi) is 8.90. The molecule has 2 amide bonds. The Morgan fingerprint density at radius 1 is 1.14 bits per heavy atom. The minimum atomic E-state index is -1.08. The molecule has 0 bridgehead atoms. The van der Waals surface area contributed by atoms with Crippen molar-refractivity contribution in [3.05, 3.63) is 35.9 Å². The summed E-state index contributed by atoms with van der Waals surface area (Å²) in [5, 5.41) is 17.0. The summed E-state index contributed by atoms with van der Waals surface area (Å²) in [6.45, 7) is 3.84. The van der Waals surface area contributed by atoms with Gasteiger partial charge in [0, 0.05) is 26.2 Å². The molecule has 8 nitrogen and oxygen atoms in total. The molecule has 0 aromatic heterocycles. The van der Waals surface area contributed by atoms with Crippen molar-refractivity contribution in [1.29, 1.82) is 0 Å². The number of nitrogens with one attached hydrogen (secondary N) is 3. The Hall–Kier alpha value is -2.45.